The number of nitrogens with zero attached hydrogens (tertiary/aromatic N) is 2. The van der Waals surface area contributed by atoms with Gasteiger partial charge in [0.2, 0.25) is 0 Å². The third-order valence-corrected chi connectivity index (χ3v) is 7.26. The van der Waals surface area contributed by atoms with E-state index in [2.05, 4.69) is 21.4 Å². The highest BCUT2D eigenvalue weighted by Gasteiger charge is 2.34. The molecule has 12 heteroatoms. The van der Waals surface area contributed by atoms with Gasteiger partial charge in [0.05, 0.1) is 16.5 Å². The second-order valence-corrected chi connectivity index (χ2v) is 10.3. The fourth-order valence-corrected chi connectivity index (χ4v) is 5.13. The second kappa shape index (κ2) is 12.6. The van der Waals surface area contributed by atoms with E-state index in [-0.39, 0.29) is 16.8 Å². The Morgan fingerprint density at radius 3 is 2.50 bits per heavy atom. The van der Waals surface area contributed by atoms with E-state index in [1.54, 1.807) is 47.4 Å². The Bertz CT molecular complexity index is 1220. The first-order chi connectivity index (χ1) is 17.2. The third kappa shape index (κ3) is 6.58. The van der Waals surface area contributed by atoms with E-state index in [1.807, 2.05) is 13.8 Å². The van der Waals surface area contributed by atoms with E-state index in [4.69, 9.17) is 33.3 Å². The largest absolute Gasteiger partial charge is 0.493 e. The van der Waals surface area contributed by atoms with Crippen molar-refractivity contribution in [2.75, 3.05) is 26.8 Å². The van der Waals surface area contributed by atoms with Crippen molar-refractivity contribution in [1.29, 1.82) is 0 Å². The van der Waals surface area contributed by atoms with E-state index in [0.29, 0.717) is 50.1 Å². The molecule has 0 atom stereocenters. The average molecular weight is 613 g/mol. The van der Waals surface area contributed by atoms with Crippen molar-refractivity contribution < 1.29 is 23.9 Å². The molecule has 1 fully saturated rings. The molecule has 2 aromatic carbocycles. The SMILES string of the molecule is CCN(CC)C(=O)COc1c(Br)cc(/C=C2/SC(=S)N(NC(=O)c3ccc(Cl)cc3)C2=O)cc1OC. The minimum Gasteiger partial charge on any atom is -0.493 e. The first-order valence-corrected chi connectivity index (χ1v) is 13.2. The molecular weight excluding hydrogens is 590 g/mol. The number of amides is 3. The van der Waals surface area contributed by atoms with Crippen LogP contribution in [0.3, 0.4) is 0 Å². The highest BCUT2D eigenvalue weighted by atomic mass is 79.9. The van der Waals surface area contributed by atoms with Crippen LogP contribution in [0.25, 0.3) is 6.08 Å². The fourth-order valence-electron chi connectivity index (χ4n) is 3.25. The van der Waals surface area contributed by atoms with Crippen molar-refractivity contribution in [1.82, 2.24) is 15.3 Å². The molecule has 8 nitrogen and oxygen atoms in total. The quantitative estimate of drug-likeness (QED) is 0.318. The molecule has 1 heterocycles. The zero-order valence-electron chi connectivity index (χ0n) is 19.7. The van der Waals surface area contributed by atoms with Crippen LogP contribution in [-0.2, 0) is 9.59 Å². The number of rotatable bonds is 9. The lowest BCUT2D eigenvalue weighted by molar-refractivity contribution is -0.133. The predicted molar refractivity (Wildman–Crippen MR) is 148 cm³/mol. The van der Waals surface area contributed by atoms with Crippen molar-refractivity contribution in [3.8, 4) is 11.5 Å². The summed E-state index contributed by atoms with van der Waals surface area (Å²) in [4.78, 5) is 39.8. The van der Waals surface area contributed by atoms with Crippen LogP contribution in [0.1, 0.15) is 29.8 Å². The molecule has 0 aliphatic carbocycles. The highest BCUT2D eigenvalue weighted by molar-refractivity contribution is 9.10. The number of hydrogen-bond donors (Lipinski definition) is 1. The van der Waals surface area contributed by atoms with Gasteiger partial charge in [-0.3, -0.25) is 19.8 Å². The maximum atomic E-state index is 12.9. The summed E-state index contributed by atoms with van der Waals surface area (Å²) in [6.07, 6.45) is 1.63. The van der Waals surface area contributed by atoms with Crippen LogP contribution in [0.2, 0.25) is 5.02 Å². The van der Waals surface area contributed by atoms with E-state index < -0.39 is 11.8 Å². The van der Waals surface area contributed by atoms with Crippen LogP contribution in [-0.4, -0.2) is 58.8 Å². The summed E-state index contributed by atoms with van der Waals surface area (Å²) in [5.74, 6) is -0.336. The monoisotopic (exact) mass is 611 g/mol. The lowest BCUT2D eigenvalue weighted by Crippen LogP contribution is -2.44. The number of thiocarbonyl (C=S) groups is 1. The number of methoxy groups -OCH3 is 1. The molecule has 0 unspecified atom stereocenters. The van der Waals surface area contributed by atoms with Gasteiger partial charge in [-0.25, -0.2) is 0 Å². The molecule has 0 bridgehead atoms. The third-order valence-electron chi connectivity index (χ3n) is 5.12. The number of halogens is 2. The number of carbonyl (C=O) groups excluding carboxylic acids is 3. The maximum absolute atomic E-state index is 12.9. The Hall–Kier alpha value is -2.60. The smallest absolute Gasteiger partial charge is 0.285 e. The summed E-state index contributed by atoms with van der Waals surface area (Å²) in [7, 11) is 1.48. The van der Waals surface area contributed by atoms with Gasteiger partial charge in [0.15, 0.2) is 22.4 Å². The van der Waals surface area contributed by atoms with Crippen molar-refractivity contribution in [3.05, 3.63) is 61.9 Å². The summed E-state index contributed by atoms with van der Waals surface area (Å²) in [6, 6.07) is 9.68. The molecule has 0 saturated carbocycles. The Kier molecular flexibility index (Phi) is 9.77. The van der Waals surface area contributed by atoms with Crippen LogP contribution in [0.4, 0.5) is 0 Å². The zero-order valence-corrected chi connectivity index (χ0v) is 23.6. The molecule has 3 amide bonds. The molecule has 1 aliphatic heterocycles. The molecule has 0 spiro atoms. The Morgan fingerprint density at radius 2 is 1.89 bits per heavy atom. The van der Waals surface area contributed by atoms with Crippen molar-refractivity contribution in [3.63, 3.8) is 0 Å². The predicted octanol–water partition coefficient (Wildman–Crippen LogP) is 4.90. The second-order valence-electron chi connectivity index (χ2n) is 7.35. The first kappa shape index (κ1) is 28.0. The lowest BCUT2D eigenvalue weighted by atomic mass is 10.2. The summed E-state index contributed by atoms with van der Waals surface area (Å²) < 4.78 is 11.9. The Morgan fingerprint density at radius 1 is 1.22 bits per heavy atom. The molecule has 0 aromatic heterocycles. The van der Waals surface area contributed by atoms with Gasteiger partial charge in [-0.05, 0) is 90.0 Å². The normalized spacial score (nSPS) is 14.2. The number of hydrazine groups is 1. The molecule has 190 valence electrons. The number of nitrogens with one attached hydrogen (secondary N) is 1. The van der Waals surface area contributed by atoms with Gasteiger partial charge in [-0.1, -0.05) is 23.4 Å². The van der Waals surface area contributed by atoms with Crippen LogP contribution >= 0.6 is 51.5 Å². The van der Waals surface area contributed by atoms with Crippen molar-refractivity contribution in [2.45, 2.75) is 13.8 Å². The molecular formula is C24H23BrClN3O5S2. The number of thioether (sulfide) groups is 1. The molecule has 0 radical (unpaired) electrons. The zero-order chi connectivity index (χ0) is 26.4. The van der Waals surface area contributed by atoms with E-state index in [1.165, 1.54) is 7.11 Å². The molecule has 1 aliphatic rings. The topological polar surface area (TPSA) is 88.2 Å². The molecule has 1 N–H and O–H groups in total. The Balaban J connectivity index is 1.76. The van der Waals surface area contributed by atoms with Gasteiger partial charge in [0.1, 0.15) is 0 Å². The van der Waals surface area contributed by atoms with Crippen LogP contribution in [0.15, 0.2) is 45.8 Å². The number of ether oxygens (including phenoxy) is 2. The van der Waals surface area contributed by atoms with E-state index in [0.717, 1.165) is 16.8 Å². The van der Waals surface area contributed by atoms with E-state index >= 15 is 0 Å². The number of likely N-dealkylation sites (N-methyl/N-ethyl adjacent to an activating group) is 1. The van der Waals surface area contributed by atoms with Crippen molar-refractivity contribution in [2.24, 2.45) is 0 Å². The van der Waals surface area contributed by atoms with Crippen LogP contribution in [0, 0.1) is 0 Å². The summed E-state index contributed by atoms with van der Waals surface area (Å²) >= 11 is 15.7. The van der Waals surface area contributed by atoms with Gasteiger partial charge in [-0.2, -0.15) is 5.01 Å². The molecule has 2 aromatic rings. The maximum Gasteiger partial charge on any atom is 0.285 e. The van der Waals surface area contributed by atoms with Crippen molar-refractivity contribution >= 4 is 79.6 Å². The average Bonchev–Trinajstić information content (AvgIpc) is 3.11. The van der Waals surface area contributed by atoms with Crippen LogP contribution < -0.4 is 14.9 Å². The van der Waals surface area contributed by atoms with Gasteiger partial charge in [0.25, 0.3) is 17.7 Å². The number of benzene rings is 2. The minimum absolute atomic E-state index is 0.137. The summed E-state index contributed by atoms with van der Waals surface area (Å²) in [6.45, 7) is 4.85. The van der Waals surface area contributed by atoms with Gasteiger partial charge >= 0.3 is 0 Å². The van der Waals surface area contributed by atoms with Gasteiger partial charge < -0.3 is 14.4 Å². The van der Waals surface area contributed by atoms with Gasteiger partial charge in [-0.15, -0.1) is 0 Å². The highest BCUT2D eigenvalue weighted by Crippen LogP contribution is 2.39. The summed E-state index contributed by atoms with van der Waals surface area (Å²) in [5, 5.41) is 1.53. The fraction of sp³-hybridized carbons (Fsp3) is 0.250. The Labute approximate surface area is 232 Å². The number of hydrogen-bond acceptors (Lipinski definition) is 7. The van der Waals surface area contributed by atoms with Gasteiger partial charge in [0, 0.05) is 23.7 Å². The minimum atomic E-state index is -0.491. The molecule has 3 rings (SSSR count). The first-order valence-electron chi connectivity index (χ1n) is 10.8. The molecule has 36 heavy (non-hydrogen) atoms. The van der Waals surface area contributed by atoms with Crippen LogP contribution in [0.5, 0.6) is 11.5 Å². The standard InChI is InChI=1S/C24H23BrClN3O5S2/c1-4-28(5-2)20(30)13-34-21-17(25)10-14(11-18(21)33-3)12-19-23(32)29(24(35)36-19)27-22(31)15-6-8-16(26)9-7-15/h6-12H,4-5,13H2,1-3H3,(H,27,31)/b19-12+. The van der Waals surface area contributed by atoms with E-state index in [9.17, 15) is 14.4 Å². The molecule has 1 saturated heterocycles. The lowest BCUT2D eigenvalue weighted by Gasteiger charge is -2.20. The number of carbonyl (C=O) groups is 3. The summed E-state index contributed by atoms with van der Waals surface area (Å²) in [5.41, 5.74) is 3.49.